The maximum atomic E-state index is 13.4. The summed E-state index contributed by atoms with van der Waals surface area (Å²) in [5.41, 5.74) is 2.77. The van der Waals surface area contributed by atoms with Crippen molar-refractivity contribution in [3.63, 3.8) is 0 Å². The number of hydrogen-bond acceptors (Lipinski definition) is 2. The molecule has 0 N–H and O–H groups in total. The number of halogens is 1. The van der Waals surface area contributed by atoms with E-state index in [2.05, 4.69) is 30.7 Å². The van der Waals surface area contributed by atoms with E-state index in [1.165, 1.54) is 0 Å². The van der Waals surface area contributed by atoms with Crippen LogP contribution in [0.4, 0.5) is 4.39 Å². The monoisotopic (exact) mass is 222 g/mol. The van der Waals surface area contributed by atoms with Gasteiger partial charge in [0.15, 0.2) is 0 Å². The van der Waals surface area contributed by atoms with Crippen molar-refractivity contribution in [2.24, 2.45) is 0 Å². The van der Waals surface area contributed by atoms with Crippen LogP contribution in [0.25, 0.3) is 0 Å². The van der Waals surface area contributed by atoms with Gasteiger partial charge in [0.25, 0.3) is 0 Å². The van der Waals surface area contributed by atoms with Crippen molar-refractivity contribution in [1.29, 1.82) is 0 Å². The number of aromatic nitrogens is 1. The quantitative estimate of drug-likeness (QED) is 0.671. The molecule has 1 aliphatic rings. The Labute approximate surface area is 96.5 Å². The molecule has 0 aliphatic carbocycles. The van der Waals surface area contributed by atoms with Gasteiger partial charge in [-0.05, 0) is 39.3 Å². The van der Waals surface area contributed by atoms with E-state index in [0.717, 1.165) is 30.8 Å². The molecule has 0 bridgehead atoms. The zero-order valence-electron chi connectivity index (χ0n) is 10.5. The molecule has 16 heavy (non-hydrogen) atoms. The molecule has 0 saturated carbocycles. The Morgan fingerprint density at radius 3 is 2.69 bits per heavy atom. The Kier molecular flexibility index (Phi) is 2.74. The summed E-state index contributed by atoms with van der Waals surface area (Å²) < 4.78 is 13.4. The van der Waals surface area contributed by atoms with Gasteiger partial charge in [-0.1, -0.05) is 0 Å². The van der Waals surface area contributed by atoms with Crippen LogP contribution < -0.4 is 0 Å². The molecule has 0 radical (unpaired) electrons. The topological polar surface area (TPSA) is 16.1 Å². The van der Waals surface area contributed by atoms with Crippen molar-refractivity contribution in [2.75, 3.05) is 6.54 Å². The first-order valence-electron chi connectivity index (χ1n) is 5.78. The first kappa shape index (κ1) is 11.5. The number of fused-ring (bicyclic) bond motifs is 1. The van der Waals surface area contributed by atoms with Crippen molar-refractivity contribution in [3.05, 3.63) is 28.8 Å². The molecule has 0 unspecified atom stereocenters. The molecule has 2 nitrogen and oxygen atoms in total. The zero-order valence-corrected chi connectivity index (χ0v) is 10.5. The lowest BCUT2D eigenvalue weighted by Crippen LogP contribution is -2.44. The van der Waals surface area contributed by atoms with Crippen molar-refractivity contribution in [1.82, 2.24) is 9.88 Å². The molecule has 2 heterocycles. The van der Waals surface area contributed by atoms with Gasteiger partial charge in [-0.2, -0.15) is 0 Å². The standard InChI is InChI=1S/C13H19FN2/c1-9-11(14)7-10-8-16(13(2,3)4)6-5-12(10)15-9/h7H,5-6,8H2,1-4H3. The number of rotatable bonds is 0. The second-order valence-corrected chi connectivity index (χ2v) is 5.50. The second kappa shape index (κ2) is 3.81. The average Bonchev–Trinajstić information content (AvgIpc) is 2.17. The normalized spacial score (nSPS) is 17.3. The molecule has 0 amide bonds. The fraction of sp³-hybridized carbons (Fsp3) is 0.615. The zero-order chi connectivity index (χ0) is 11.9. The van der Waals surface area contributed by atoms with Gasteiger partial charge >= 0.3 is 0 Å². The second-order valence-electron chi connectivity index (χ2n) is 5.50. The summed E-state index contributed by atoms with van der Waals surface area (Å²) in [5, 5.41) is 0. The third kappa shape index (κ3) is 2.09. The van der Waals surface area contributed by atoms with Gasteiger partial charge in [0.2, 0.25) is 0 Å². The third-order valence-electron chi connectivity index (χ3n) is 3.25. The van der Waals surface area contributed by atoms with Gasteiger partial charge in [-0.3, -0.25) is 9.88 Å². The molecule has 0 atom stereocenters. The van der Waals surface area contributed by atoms with Gasteiger partial charge in [-0.15, -0.1) is 0 Å². The predicted molar refractivity (Wildman–Crippen MR) is 62.8 cm³/mol. The van der Waals surface area contributed by atoms with E-state index in [9.17, 15) is 4.39 Å². The van der Waals surface area contributed by atoms with Crippen LogP contribution in [0.2, 0.25) is 0 Å². The molecule has 0 aromatic carbocycles. The van der Waals surface area contributed by atoms with E-state index in [0.29, 0.717) is 5.69 Å². The van der Waals surface area contributed by atoms with Crippen molar-refractivity contribution >= 4 is 0 Å². The Balaban J connectivity index is 2.31. The Bertz CT molecular complexity index is 407. The average molecular weight is 222 g/mol. The van der Waals surface area contributed by atoms with E-state index < -0.39 is 0 Å². The summed E-state index contributed by atoms with van der Waals surface area (Å²) in [5.74, 6) is -0.186. The van der Waals surface area contributed by atoms with Crippen molar-refractivity contribution in [2.45, 2.75) is 46.2 Å². The molecule has 1 aromatic rings. The fourth-order valence-corrected chi connectivity index (χ4v) is 2.12. The van der Waals surface area contributed by atoms with Crippen LogP contribution in [0, 0.1) is 12.7 Å². The van der Waals surface area contributed by atoms with Crippen LogP contribution in [0.1, 0.15) is 37.7 Å². The summed E-state index contributed by atoms with van der Waals surface area (Å²) in [6.45, 7) is 10.1. The van der Waals surface area contributed by atoms with Gasteiger partial charge < -0.3 is 0 Å². The number of nitrogens with zero attached hydrogens (tertiary/aromatic N) is 2. The SMILES string of the molecule is Cc1nc2c(cc1F)CN(C(C)(C)C)CC2. The van der Waals surface area contributed by atoms with E-state index in [4.69, 9.17) is 0 Å². The minimum Gasteiger partial charge on any atom is -0.294 e. The maximum Gasteiger partial charge on any atom is 0.144 e. The maximum absolute atomic E-state index is 13.4. The van der Waals surface area contributed by atoms with E-state index in [1.54, 1.807) is 13.0 Å². The first-order chi connectivity index (χ1) is 7.38. The molecule has 0 fully saturated rings. The highest BCUT2D eigenvalue weighted by molar-refractivity contribution is 5.26. The van der Waals surface area contributed by atoms with Gasteiger partial charge in [0.05, 0.1) is 5.69 Å². The van der Waals surface area contributed by atoms with E-state index in [1.807, 2.05) is 0 Å². The van der Waals surface area contributed by atoms with Crippen molar-refractivity contribution in [3.8, 4) is 0 Å². The highest BCUT2D eigenvalue weighted by atomic mass is 19.1. The highest BCUT2D eigenvalue weighted by Crippen LogP contribution is 2.25. The smallest absolute Gasteiger partial charge is 0.144 e. The first-order valence-corrected chi connectivity index (χ1v) is 5.78. The number of pyridine rings is 1. The van der Waals surface area contributed by atoms with Crippen LogP contribution in [0.5, 0.6) is 0 Å². The molecule has 88 valence electrons. The number of hydrogen-bond donors (Lipinski definition) is 0. The van der Waals surface area contributed by atoms with Crippen molar-refractivity contribution < 1.29 is 4.39 Å². The summed E-state index contributed by atoms with van der Waals surface area (Å²) >= 11 is 0. The molecule has 1 aromatic heterocycles. The minimum absolute atomic E-state index is 0.138. The largest absolute Gasteiger partial charge is 0.294 e. The van der Waals surface area contributed by atoms with Crippen LogP contribution in [0.3, 0.4) is 0 Å². The molecule has 1 aliphatic heterocycles. The predicted octanol–water partition coefficient (Wildman–Crippen LogP) is 2.69. The molecular weight excluding hydrogens is 203 g/mol. The summed E-state index contributed by atoms with van der Waals surface area (Å²) in [6.07, 6.45) is 0.924. The third-order valence-corrected chi connectivity index (χ3v) is 3.25. The van der Waals surface area contributed by atoms with Crippen LogP contribution in [0.15, 0.2) is 6.07 Å². The molecule has 0 spiro atoms. The summed E-state index contributed by atoms with van der Waals surface area (Å²) in [6, 6.07) is 1.65. The van der Waals surface area contributed by atoms with Gasteiger partial charge in [0, 0.05) is 30.7 Å². The minimum atomic E-state index is -0.186. The van der Waals surface area contributed by atoms with Crippen LogP contribution >= 0.6 is 0 Å². The summed E-state index contributed by atoms with van der Waals surface area (Å²) in [7, 11) is 0. The Morgan fingerprint density at radius 1 is 1.38 bits per heavy atom. The van der Waals surface area contributed by atoms with Crippen LogP contribution in [-0.2, 0) is 13.0 Å². The van der Waals surface area contributed by atoms with Crippen LogP contribution in [-0.4, -0.2) is 22.0 Å². The summed E-state index contributed by atoms with van der Waals surface area (Å²) in [4.78, 5) is 6.69. The highest BCUT2D eigenvalue weighted by Gasteiger charge is 2.26. The Morgan fingerprint density at radius 2 is 2.06 bits per heavy atom. The molecule has 3 heteroatoms. The van der Waals surface area contributed by atoms with Gasteiger partial charge in [-0.25, -0.2) is 4.39 Å². The van der Waals surface area contributed by atoms with E-state index >= 15 is 0 Å². The number of aryl methyl sites for hydroxylation is 1. The molecular formula is C13H19FN2. The van der Waals surface area contributed by atoms with Gasteiger partial charge in [0.1, 0.15) is 5.82 Å². The Hall–Kier alpha value is -0.960. The fourth-order valence-electron chi connectivity index (χ4n) is 2.12. The van der Waals surface area contributed by atoms with E-state index in [-0.39, 0.29) is 11.4 Å². The lowest BCUT2D eigenvalue weighted by atomic mass is 9.98. The molecule has 0 saturated heterocycles. The molecule has 2 rings (SSSR count). The lowest BCUT2D eigenvalue weighted by Gasteiger charge is -2.38. The lowest BCUT2D eigenvalue weighted by molar-refractivity contribution is 0.119.